The number of halogens is 5. The molecule has 1 atom stereocenters. The number of hydrogen-bond donors (Lipinski definition) is 2. The van der Waals surface area contributed by atoms with Gasteiger partial charge in [-0.25, -0.2) is 4.39 Å². The van der Waals surface area contributed by atoms with Crippen LogP contribution >= 0.6 is 23.4 Å². The van der Waals surface area contributed by atoms with Crippen LogP contribution in [0, 0.1) is 12.7 Å². The molecule has 1 heterocycles. The summed E-state index contributed by atoms with van der Waals surface area (Å²) in [6.07, 6.45) is -4.56. The highest BCUT2D eigenvalue weighted by molar-refractivity contribution is 7.99. The van der Waals surface area contributed by atoms with Crippen molar-refractivity contribution >= 4 is 34.3 Å². The van der Waals surface area contributed by atoms with E-state index in [-0.39, 0.29) is 22.1 Å². The monoisotopic (exact) mass is 417 g/mol. The highest BCUT2D eigenvalue weighted by atomic mass is 35.5. The van der Waals surface area contributed by atoms with Gasteiger partial charge in [0.1, 0.15) is 11.4 Å². The van der Waals surface area contributed by atoms with Gasteiger partial charge in [-0.05, 0) is 55.8 Å². The number of aryl methyl sites for hydroxylation is 1. The van der Waals surface area contributed by atoms with Crippen molar-refractivity contribution in [2.75, 3.05) is 5.75 Å². The standard InChI is InChI=1S/C19H16ClF4NOS/c1-10-13-7-15(20)14(19(22,23)24)8-16(13)25-17(10)18(2,26)9-27-12-5-3-11(21)4-6-12/h3-8,25-26H,9H2,1-2H3. The van der Waals surface area contributed by atoms with E-state index in [1.54, 1.807) is 26.0 Å². The molecule has 0 aliphatic rings. The zero-order chi connectivity index (χ0) is 20.0. The lowest BCUT2D eigenvalue weighted by Crippen LogP contribution is -2.25. The molecule has 2 nitrogen and oxygen atoms in total. The minimum absolute atomic E-state index is 0.228. The summed E-state index contributed by atoms with van der Waals surface area (Å²) in [5.41, 5.74) is -0.962. The summed E-state index contributed by atoms with van der Waals surface area (Å²) in [6.45, 7) is 3.29. The van der Waals surface area contributed by atoms with Crippen molar-refractivity contribution in [2.24, 2.45) is 0 Å². The van der Waals surface area contributed by atoms with Crippen LogP contribution in [0.4, 0.5) is 17.6 Å². The number of H-pyrrole nitrogens is 1. The Morgan fingerprint density at radius 2 is 1.78 bits per heavy atom. The topological polar surface area (TPSA) is 36.0 Å². The molecule has 1 aromatic heterocycles. The molecule has 0 aliphatic heterocycles. The van der Waals surface area contributed by atoms with Gasteiger partial charge in [-0.15, -0.1) is 11.8 Å². The summed E-state index contributed by atoms with van der Waals surface area (Å²) in [6, 6.07) is 8.07. The van der Waals surface area contributed by atoms with Crippen molar-refractivity contribution in [1.82, 2.24) is 4.98 Å². The Morgan fingerprint density at radius 3 is 2.37 bits per heavy atom. The fraction of sp³-hybridized carbons (Fsp3) is 0.263. The van der Waals surface area contributed by atoms with Crippen LogP contribution in [0.15, 0.2) is 41.3 Å². The van der Waals surface area contributed by atoms with Crippen LogP contribution in [0.2, 0.25) is 5.02 Å². The summed E-state index contributed by atoms with van der Waals surface area (Å²) < 4.78 is 52.2. The number of rotatable bonds is 4. The molecule has 27 heavy (non-hydrogen) atoms. The molecule has 0 spiro atoms. The van der Waals surface area contributed by atoms with Gasteiger partial charge < -0.3 is 10.1 Å². The van der Waals surface area contributed by atoms with Gasteiger partial charge >= 0.3 is 6.18 Å². The van der Waals surface area contributed by atoms with Gasteiger partial charge in [-0.3, -0.25) is 0 Å². The average molecular weight is 418 g/mol. The predicted octanol–water partition coefficient (Wildman–Crippen LogP) is 6.29. The van der Waals surface area contributed by atoms with E-state index < -0.39 is 17.3 Å². The maximum Gasteiger partial charge on any atom is 0.417 e. The smallest absolute Gasteiger partial charge is 0.383 e. The molecule has 3 aromatic rings. The molecule has 0 bridgehead atoms. The summed E-state index contributed by atoms with van der Waals surface area (Å²) in [5.74, 6) is -0.124. The van der Waals surface area contributed by atoms with Crippen molar-refractivity contribution in [3.8, 4) is 0 Å². The molecule has 1 unspecified atom stereocenters. The second-order valence-corrected chi connectivity index (χ2v) is 7.97. The highest BCUT2D eigenvalue weighted by Gasteiger charge is 2.35. The molecule has 2 aromatic carbocycles. The molecule has 0 saturated heterocycles. The molecule has 0 amide bonds. The third kappa shape index (κ3) is 4.10. The Bertz CT molecular complexity index is 980. The van der Waals surface area contributed by atoms with Crippen molar-refractivity contribution in [3.05, 3.63) is 64.1 Å². The van der Waals surface area contributed by atoms with Crippen LogP contribution in [0.25, 0.3) is 10.9 Å². The Labute approximate surface area is 162 Å². The van der Waals surface area contributed by atoms with Gasteiger partial charge in [0.05, 0.1) is 16.3 Å². The molecule has 0 saturated carbocycles. The summed E-state index contributed by atoms with van der Waals surface area (Å²) >= 11 is 7.12. The average Bonchev–Trinajstić information content (AvgIpc) is 2.90. The number of aromatic nitrogens is 1. The maximum atomic E-state index is 13.1. The van der Waals surface area contributed by atoms with Gasteiger partial charge in [-0.1, -0.05) is 11.6 Å². The fourth-order valence-corrected chi connectivity index (χ4v) is 4.12. The zero-order valence-electron chi connectivity index (χ0n) is 14.4. The van der Waals surface area contributed by atoms with Crippen LogP contribution in [0.5, 0.6) is 0 Å². The summed E-state index contributed by atoms with van der Waals surface area (Å²) in [7, 11) is 0. The van der Waals surface area contributed by atoms with E-state index >= 15 is 0 Å². The van der Waals surface area contributed by atoms with Gasteiger partial charge in [-0.2, -0.15) is 13.2 Å². The number of aromatic amines is 1. The molecule has 0 aliphatic carbocycles. The second kappa shape index (κ2) is 7.04. The molecular weight excluding hydrogens is 402 g/mol. The minimum Gasteiger partial charge on any atom is -0.383 e. The Hall–Kier alpha value is -1.70. The quantitative estimate of drug-likeness (QED) is 0.386. The van der Waals surface area contributed by atoms with Crippen molar-refractivity contribution in [3.63, 3.8) is 0 Å². The van der Waals surface area contributed by atoms with Gasteiger partial charge in [0, 0.05) is 21.6 Å². The molecular formula is C19H16ClF4NOS. The fourth-order valence-electron chi connectivity index (χ4n) is 2.93. The molecule has 144 valence electrons. The first-order valence-electron chi connectivity index (χ1n) is 7.99. The van der Waals surface area contributed by atoms with E-state index in [1.807, 2.05) is 0 Å². The van der Waals surface area contributed by atoms with Gasteiger partial charge in [0.15, 0.2) is 0 Å². The van der Waals surface area contributed by atoms with Crippen molar-refractivity contribution in [1.29, 1.82) is 0 Å². The molecule has 0 fully saturated rings. The largest absolute Gasteiger partial charge is 0.417 e. The lowest BCUT2D eigenvalue weighted by atomic mass is 10.00. The van der Waals surface area contributed by atoms with Crippen LogP contribution < -0.4 is 0 Å². The van der Waals surface area contributed by atoms with Crippen molar-refractivity contribution in [2.45, 2.75) is 30.5 Å². The van der Waals surface area contributed by atoms with Crippen LogP contribution in [-0.4, -0.2) is 15.8 Å². The number of aliphatic hydroxyl groups is 1. The zero-order valence-corrected chi connectivity index (χ0v) is 16.0. The normalized spacial score (nSPS) is 14.5. The third-order valence-electron chi connectivity index (χ3n) is 4.32. The van der Waals surface area contributed by atoms with E-state index in [2.05, 4.69) is 4.98 Å². The molecule has 2 N–H and O–H groups in total. The van der Waals surface area contributed by atoms with Crippen LogP contribution in [-0.2, 0) is 11.8 Å². The molecule has 3 rings (SSSR count). The Balaban J connectivity index is 1.94. The Morgan fingerprint density at radius 1 is 1.15 bits per heavy atom. The number of hydrogen-bond acceptors (Lipinski definition) is 2. The molecule has 0 radical (unpaired) electrons. The summed E-state index contributed by atoms with van der Waals surface area (Å²) in [4.78, 5) is 3.68. The number of nitrogens with one attached hydrogen (secondary N) is 1. The first kappa shape index (κ1) is 20.0. The van der Waals surface area contributed by atoms with E-state index in [9.17, 15) is 22.7 Å². The van der Waals surface area contributed by atoms with Gasteiger partial charge in [0.25, 0.3) is 0 Å². The second-order valence-electron chi connectivity index (χ2n) is 6.52. The predicted molar refractivity (Wildman–Crippen MR) is 99.7 cm³/mol. The SMILES string of the molecule is Cc1c(C(C)(O)CSc2ccc(F)cc2)[nH]c2cc(C(F)(F)F)c(Cl)cc12. The first-order chi connectivity index (χ1) is 12.5. The minimum atomic E-state index is -4.56. The number of thioether (sulfide) groups is 1. The third-order valence-corrected chi connectivity index (χ3v) is 5.95. The van der Waals surface area contributed by atoms with Gasteiger partial charge in [0.2, 0.25) is 0 Å². The van der Waals surface area contributed by atoms with E-state index in [4.69, 9.17) is 11.6 Å². The van der Waals surface area contributed by atoms with Crippen LogP contribution in [0.3, 0.4) is 0 Å². The maximum absolute atomic E-state index is 13.1. The molecule has 8 heteroatoms. The number of fused-ring (bicyclic) bond motifs is 1. The first-order valence-corrected chi connectivity index (χ1v) is 9.35. The highest BCUT2D eigenvalue weighted by Crippen LogP contribution is 2.40. The number of benzene rings is 2. The number of alkyl halides is 3. The summed E-state index contributed by atoms with van der Waals surface area (Å²) in [5, 5.41) is 11.0. The Kier molecular flexibility index (Phi) is 5.22. The van der Waals surface area contributed by atoms with Crippen molar-refractivity contribution < 1.29 is 22.7 Å². The van der Waals surface area contributed by atoms with E-state index in [1.165, 1.54) is 30.0 Å². The lowest BCUT2D eigenvalue weighted by molar-refractivity contribution is -0.137. The lowest BCUT2D eigenvalue weighted by Gasteiger charge is -2.23. The van der Waals surface area contributed by atoms with E-state index in [0.29, 0.717) is 16.6 Å². The van der Waals surface area contributed by atoms with E-state index in [0.717, 1.165) is 11.0 Å². The van der Waals surface area contributed by atoms with Crippen LogP contribution in [0.1, 0.15) is 23.7 Å².